The molecule has 6 heteroatoms. The molecule has 116 valence electrons. The first-order valence-corrected chi connectivity index (χ1v) is 6.80. The molecule has 1 aromatic carbocycles. The van der Waals surface area contributed by atoms with E-state index in [0.717, 1.165) is 5.56 Å². The van der Waals surface area contributed by atoms with E-state index in [-0.39, 0.29) is 6.61 Å². The number of benzene rings is 1. The summed E-state index contributed by atoms with van der Waals surface area (Å²) in [7, 11) is 1.57. The molecule has 0 bridgehead atoms. The van der Waals surface area contributed by atoms with Crippen LogP contribution in [0, 0.1) is 0 Å². The van der Waals surface area contributed by atoms with Crippen molar-refractivity contribution in [3.8, 4) is 5.75 Å². The fraction of sp³-hybridized carbons (Fsp3) is 0.312. The summed E-state index contributed by atoms with van der Waals surface area (Å²) in [6, 6.07) is 7.09. The predicted molar refractivity (Wildman–Crippen MR) is 79.8 cm³/mol. The molecule has 1 heterocycles. The summed E-state index contributed by atoms with van der Waals surface area (Å²) in [4.78, 5) is 28.2. The zero-order valence-corrected chi connectivity index (χ0v) is 12.7. The van der Waals surface area contributed by atoms with E-state index in [4.69, 9.17) is 14.2 Å². The second-order valence-corrected chi connectivity index (χ2v) is 4.57. The first-order chi connectivity index (χ1) is 10.5. The smallest absolute Gasteiger partial charge is 0.382 e. The Balaban J connectivity index is 2.42. The van der Waals surface area contributed by atoms with E-state index in [9.17, 15) is 9.59 Å². The highest BCUT2D eigenvalue weighted by Gasteiger charge is 2.48. The third-order valence-electron chi connectivity index (χ3n) is 3.16. The molecule has 0 aromatic heterocycles. The van der Waals surface area contributed by atoms with E-state index in [1.54, 1.807) is 44.4 Å². The molecule has 0 fully saturated rings. The van der Waals surface area contributed by atoms with Gasteiger partial charge in [0.15, 0.2) is 0 Å². The number of rotatable bonds is 5. The molecule has 1 unspecified atom stereocenters. The average molecular weight is 303 g/mol. The van der Waals surface area contributed by atoms with Gasteiger partial charge < -0.3 is 14.2 Å². The number of hydrogen-bond donors (Lipinski definition) is 0. The zero-order chi connectivity index (χ0) is 16.2. The van der Waals surface area contributed by atoms with E-state index in [2.05, 4.69) is 4.99 Å². The van der Waals surface area contributed by atoms with Gasteiger partial charge in [-0.15, -0.1) is 0 Å². The molecule has 0 radical (unpaired) electrons. The van der Waals surface area contributed by atoms with Crippen LogP contribution >= 0.6 is 0 Å². The van der Waals surface area contributed by atoms with Crippen molar-refractivity contribution in [2.75, 3.05) is 13.7 Å². The summed E-state index contributed by atoms with van der Waals surface area (Å²) in [6.07, 6.45) is 2.87. The minimum atomic E-state index is -1.97. The SMILES string of the molecule is CCOC(=O)C1(C(C)=O)N=C(c2ccc(OC)cc2)C=CO1. The largest absolute Gasteiger partial charge is 0.497 e. The Bertz CT molecular complexity index is 632. The summed E-state index contributed by atoms with van der Waals surface area (Å²) in [5.74, 6) is -0.664. The van der Waals surface area contributed by atoms with Crippen LogP contribution in [0.15, 0.2) is 41.6 Å². The third-order valence-corrected chi connectivity index (χ3v) is 3.16. The summed E-state index contributed by atoms with van der Waals surface area (Å²) < 4.78 is 15.2. The number of allylic oxidation sites excluding steroid dienone is 1. The van der Waals surface area contributed by atoms with Gasteiger partial charge in [0, 0.05) is 12.5 Å². The second kappa shape index (κ2) is 6.43. The van der Waals surface area contributed by atoms with Crippen LogP contribution in [0.4, 0.5) is 0 Å². The van der Waals surface area contributed by atoms with Crippen LogP contribution in [0.5, 0.6) is 5.75 Å². The maximum Gasteiger partial charge on any atom is 0.382 e. The second-order valence-electron chi connectivity index (χ2n) is 4.57. The summed E-state index contributed by atoms with van der Waals surface area (Å²) in [5, 5.41) is 0. The van der Waals surface area contributed by atoms with Crippen molar-refractivity contribution in [3.05, 3.63) is 42.2 Å². The highest BCUT2D eigenvalue weighted by Crippen LogP contribution is 2.24. The van der Waals surface area contributed by atoms with Gasteiger partial charge in [-0.05, 0) is 37.3 Å². The number of ketones is 1. The molecule has 1 aliphatic rings. The van der Waals surface area contributed by atoms with Crippen LogP contribution in [0.1, 0.15) is 19.4 Å². The van der Waals surface area contributed by atoms with Crippen LogP contribution in [-0.2, 0) is 19.1 Å². The van der Waals surface area contributed by atoms with Gasteiger partial charge in [0.25, 0.3) is 0 Å². The van der Waals surface area contributed by atoms with Gasteiger partial charge in [-0.3, -0.25) is 4.79 Å². The van der Waals surface area contributed by atoms with E-state index in [1.807, 2.05) is 0 Å². The van der Waals surface area contributed by atoms with E-state index < -0.39 is 17.5 Å². The molecule has 2 rings (SSSR count). The topological polar surface area (TPSA) is 74.2 Å². The van der Waals surface area contributed by atoms with Crippen molar-refractivity contribution >= 4 is 17.5 Å². The monoisotopic (exact) mass is 303 g/mol. The first-order valence-electron chi connectivity index (χ1n) is 6.80. The molecule has 1 aliphatic heterocycles. The number of carbonyl (C=O) groups excluding carboxylic acids is 2. The number of nitrogens with zero attached hydrogens (tertiary/aromatic N) is 1. The molecule has 0 saturated heterocycles. The maximum absolute atomic E-state index is 12.1. The quantitative estimate of drug-likeness (QED) is 0.613. The zero-order valence-electron chi connectivity index (χ0n) is 12.7. The van der Waals surface area contributed by atoms with Crippen LogP contribution in [0.2, 0.25) is 0 Å². The van der Waals surface area contributed by atoms with Crippen molar-refractivity contribution < 1.29 is 23.8 Å². The fourth-order valence-electron chi connectivity index (χ4n) is 1.98. The number of esters is 1. The number of hydrogen-bond acceptors (Lipinski definition) is 6. The summed E-state index contributed by atoms with van der Waals surface area (Å²) >= 11 is 0. The fourth-order valence-corrected chi connectivity index (χ4v) is 1.98. The van der Waals surface area contributed by atoms with Gasteiger partial charge >= 0.3 is 11.7 Å². The number of ether oxygens (including phenoxy) is 3. The standard InChI is InChI=1S/C16H17NO5/c1-4-21-15(19)16(11(2)18)17-14(9-10-22-16)12-5-7-13(20-3)8-6-12/h5-10H,4H2,1-3H3. The molecule has 0 amide bonds. The molecule has 1 aromatic rings. The lowest BCUT2D eigenvalue weighted by atomic mass is 10.1. The predicted octanol–water partition coefficient (Wildman–Crippen LogP) is 1.88. The summed E-state index contributed by atoms with van der Waals surface area (Å²) in [6.45, 7) is 3.03. The Labute approximate surface area is 128 Å². The van der Waals surface area contributed by atoms with E-state index in [1.165, 1.54) is 13.2 Å². The van der Waals surface area contributed by atoms with Crippen molar-refractivity contribution in [3.63, 3.8) is 0 Å². The van der Waals surface area contributed by atoms with Crippen LogP contribution in [-0.4, -0.2) is 36.9 Å². The number of Topliss-reactive ketones (excluding diaryl/α,β-unsaturated/α-hetero) is 1. The minimum Gasteiger partial charge on any atom is -0.497 e. The lowest BCUT2D eigenvalue weighted by Gasteiger charge is -2.27. The Morgan fingerprint density at radius 3 is 2.50 bits per heavy atom. The van der Waals surface area contributed by atoms with Gasteiger partial charge in [0.2, 0.25) is 5.78 Å². The number of methoxy groups -OCH3 is 1. The highest BCUT2D eigenvalue weighted by molar-refractivity contribution is 6.15. The lowest BCUT2D eigenvalue weighted by Crippen LogP contribution is -2.48. The van der Waals surface area contributed by atoms with E-state index in [0.29, 0.717) is 11.5 Å². The molecular weight excluding hydrogens is 286 g/mol. The normalized spacial score (nSPS) is 19.9. The maximum atomic E-state index is 12.1. The van der Waals surface area contributed by atoms with Crippen LogP contribution < -0.4 is 4.74 Å². The molecule has 0 spiro atoms. The van der Waals surface area contributed by atoms with Crippen molar-refractivity contribution in [1.29, 1.82) is 0 Å². The Hall–Kier alpha value is -2.63. The molecule has 0 saturated carbocycles. The van der Waals surface area contributed by atoms with Crippen molar-refractivity contribution in [2.24, 2.45) is 4.99 Å². The number of aliphatic imine (C=N–C) groups is 1. The molecule has 0 N–H and O–H groups in total. The number of carbonyl (C=O) groups is 2. The van der Waals surface area contributed by atoms with Gasteiger partial charge in [0.1, 0.15) is 5.75 Å². The van der Waals surface area contributed by atoms with Crippen LogP contribution in [0.25, 0.3) is 0 Å². The molecular formula is C16H17NO5. The van der Waals surface area contributed by atoms with Gasteiger partial charge in [-0.2, -0.15) is 0 Å². The Morgan fingerprint density at radius 2 is 1.95 bits per heavy atom. The Morgan fingerprint density at radius 1 is 1.27 bits per heavy atom. The average Bonchev–Trinajstić information content (AvgIpc) is 2.55. The summed E-state index contributed by atoms with van der Waals surface area (Å²) in [5.41, 5.74) is -0.785. The lowest BCUT2D eigenvalue weighted by molar-refractivity contribution is -0.169. The van der Waals surface area contributed by atoms with Crippen LogP contribution in [0.3, 0.4) is 0 Å². The first kappa shape index (κ1) is 15.8. The molecule has 6 nitrogen and oxygen atoms in total. The van der Waals surface area contributed by atoms with Gasteiger partial charge in [0.05, 0.1) is 25.7 Å². The minimum absolute atomic E-state index is 0.133. The Kier molecular flexibility index (Phi) is 4.60. The van der Waals surface area contributed by atoms with Crippen molar-refractivity contribution in [2.45, 2.75) is 19.6 Å². The molecule has 1 atom stereocenters. The third kappa shape index (κ3) is 2.86. The molecule has 22 heavy (non-hydrogen) atoms. The van der Waals surface area contributed by atoms with Gasteiger partial charge in [-0.25, -0.2) is 9.79 Å². The highest BCUT2D eigenvalue weighted by atomic mass is 16.6. The van der Waals surface area contributed by atoms with Gasteiger partial charge in [-0.1, -0.05) is 0 Å². The van der Waals surface area contributed by atoms with E-state index >= 15 is 0 Å². The molecule has 0 aliphatic carbocycles. The van der Waals surface area contributed by atoms with Crippen molar-refractivity contribution in [1.82, 2.24) is 0 Å².